The minimum Gasteiger partial charge on any atom is -0.446 e. The highest BCUT2D eigenvalue weighted by Crippen LogP contribution is 2.50. The normalized spacial score (nSPS) is 14.6. The summed E-state index contributed by atoms with van der Waals surface area (Å²) < 4.78 is 34.7. The standard InChI is InChI=1S/C25H11BrClFN4O4/c26-16-9-8-15(34-16)22-30-23-20-18(17-12(27)5-3-6-13(17)28)19-21(36-24(20)29-10-32(23)31-22)11-4-1-2-7-14(11)35-25(19)33/h1-10,18H. The van der Waals surface area contributed by atoms with Gasteiger partial charge >= 0.3 is 5.63 Å². The van der Waals surface area contributed by atoms with Crippen LogP contribution in [0.4, 0.5) is 4.39 Å². The van der Waals surface area contributed by atoms with Gasteiger partial charge in [0, 0.05) is 10.6 Å². The number of fused-ring (bicyclic) bond motifs is 6. The largest absolute Gasteiger partial charge is 0.446 e. The van der Waals surface area contributed by atoms with Gasteiger partial charge in [-0.2, -0.15) is 0 Å². The number of rotatable bonds is 2. The van der Waals surface area contributed by atoms with E-state index in [1.807, 2.05) is 0 Å². The molecule has 0 bridgehead atoms. The second kappa shape index (κ2) is 7.74. The summed E-state index contributed by atoms with van der Waals surface area (Å²) in [5.74, 6) is -0.585. The molecule has 1 unspecified atom stereocenters. The molecule has 0 fully saturated rings. The van der Waals surface area contributed by atoms with Crippen LogP contribution in [0.5, 0.6) is 11.6 Å². The molecule has 1 aliphatic heterocycles. The zero-order chi connectivity index (χ0) is 24.6. The molecule has 0 saturated heterocycles. The summed E-state index contributed by atoms with van der Waals surface area (Å²) in [6, 6.07) is 14.7. The fourth-order valence-corrected chi connectivity index (χ4v) is 5.12. The lowest BCUT2D eigenvalue weighted by Gasteiger charge is -2.28. The summed E-state index contributed by atoms with van der Waals surface area (Å²) in [7, 11) is 0. The fraction of sp³-hybridized carbons (Fsp3) is 0.0400. The van der Waals surface area contributed by atoms with Crippen LogP contribution >= 0.6 is 27.5 Å². The van der Waals surface area contributed by atoms with E-state index in [0.29, 0.717) is 32.6 Å². The van der Waals surface area contributed by atoms with Crippen LogP contribution in [0.1, 0.15) is 22.6 Å². The lowest BCUT2D eigenvalue weighted by atomic mass is 9.83. The summed E-state index contributed by atoms with van der Waals surface area (Å²) in [5, 5.41) is 5.12. The van der Waals surface area contributed by atoms with Crippen molar-refractivity contribution in [1.82, 2.24) is 19.6 Å². The van der Waals surface area contributed by atoms with Crippen molar-refractivity contribution in [3.63, 3.8) is 0 Å². The first-order valence-corrected chi connectivity index (χ1v) is 11.8. The van der Waals surface area contributed by atoms with Crippen molar-refractivity contribution < 1.29 is 18.0 Å². The molecule has 36 heavy (non-hydrogen) atoms. The van der Waals surface area contributed by atoms with Crippen molar-refractivity contribution in [2.45, 2.75) is 5.92 Å². The van der Waals surface area contributed by atoms with Crippen molar-refractivity contribution in [3.05, 3.63) is 104 Å². The van der Waals surface area contributed by atoms with E-state index < -0.39 is 17.4 Å². The molecule has 8 nitrogen and oxygen atoms in total. The van der Waals surface area contributed by atoms with Gasteiger partial charge in [0.1, 0.15) is 17.7 Å². The van der Waals surface area contributed by atoms with Gasteiger partial charge < -0.3 is 13.6 Å². The Morgan fingerprint density at radius 2 is 1.86 bits per heavy atom. The zero-order valence-electron chi connectivity index (χ0n) is 17.9. The first-order valence-electron chi connectivity index (χ1n) is 10.7. The Hall–Kier alpha value is -4.02. The molecule has 6 aromatic rings. The van der Waals surface area contributed by atoms with E-state index in [4.69, 9.17) is 25.2 Å². The molecular formula is C25H11BrClFN4O4. The number of ether oxygens (including phenoxy) is 1. The average molecular weight is 566 g/mol. The Labute approximate surface area is 214 Å². The topological polar surface area (TPSA) is 95.7 Å². The highest BCUT2D eigenvalue weighted by molar-refractivity contribution is 9.10. The van der Waals surface area contributed by atoms with E-state index in [1.54, 1.807) is 42.5 Å². The SMILES string of the molecule is O=c1oc2ccccc2c2c1C(c1c(F)cccc1Cl)c1c(ncn3nc(-c4ccc(Br)o4)nc13)O2. The first kappa shape index (κ1) is 21.3. The number of hydrogen-bond donors (Lipinski definition) is 0. The third-order valence-corrected chi connectivity index (χ3v) is 6.80. The van der Waals surface area contributed by atoms with Crippen molar-refractivity contribution in [2.75, 3.05) is 0 Å². The Balaban J connectivity index is 1.59. The van der Waals surface area contributed by atoms with Crippen LogP contribution in [0.2, 0.25) is 5.02 Å². The predicted octanol–water partition coefficient (Wildman–Crippen LogP) is 6.33. The van der Waals surface area contributed by atoms with Gasteiger partial charge in [-0.3, -0.25) is 0 Å². The minimum atomic E-state index is -1.03. The number of hydrogen-bond acceptors (Lipinski definition) is 7. The Morgan fingerprint density at radius 1 is 1.00 bits per heavy atom. The Bertz CT molecular complexity index is 1890. The molecule has 0 N–H and O–H groups in total. The third kappa shape index (κ3) is 3.04. The van der Waals surface area contributed by atoms with Gasteiger partial charge in [-0.1, -0.05) is 29.8 Å². The van der Waals surface area contributed by atoms with Crippen molar-refractivity contribution >= 4 is 44.1 Å². The second-order valence-corrected chi connectivity index (χ2v) is 9.26. The maximum Gasteiger partial charge on any atom is 0.344 e. The number of nitrogens with zero attached hydrogens (tertiary/aromatic N) is 4. The number of aromatic nitrogens is 4. The number of halogens is 3. The van der Waals surface area contributed by atoms with Gasteiger partial charge in [-0.05, 0) is 52.3 Å². The van der Waals surface area contributed by atoms with Crippen LogP contribution in [0.15, 0.2) is 79.2 Å². The van der Waals surface area contributed by atoms with Crippen LogP contribution in [0.25, 0.3) is 28.2 Å². The molecule has 1 atom stereocenters. The number of benzene rings is 2. The summed E-state index contributed by atoms with van der Waals surface area (Å²) >= 11 is 9.80. The smallest absolute Gasteiger partial charge is 0.344 e. The highest BCUT2D eigenvalue weighted by atomic mass is 79.9. The molecule has 0 amide bonds. The van der Waals surface area contributed by atoms with E-state index in [-0.39, 0.29) is 33.6 Å². The van der Waals surface area contributed by atoms with Crippen molar-refractivity contribution in [1.29, 1.82) is 0 Å². The van der Waals surface area contributed by atoms with Crippen LogP contribution in [-0.4, -0.2) is 19.6 Å². The molecule has 7 rings (SSSR count). The van der Waals surface area contributed by atoms with Crippen LogP contribution in [0, 0.1) is 5.82 Å². The molecule has 1 aliphatic rings. The summed E-state index contributed by atoms with van der Waals surface area (Å²) in [6.07, 6.45) is 1.43. The predicted molar refractivity (Wildman–Crippen MR) is 131 cm³/mol. The molecule has 5 heterocycles. The van der Waals surface area contributed by atoms with E-state index in [0.717, 1.165) is 0 Å². The molecule has 0 radical (unpaired) electrons. The van der Waals surface area contributed by atoms with E-state index in [9.17, 15) is 4.79 Å². The zero-order valence-corrected chi connectivity index (χ0v) is 20.2. The highest BCUT2D eigenvalue weighted by Gasteiger charge is 2.39. The van der Waals surface area contributed by atoms with Crippen LogP contribution in [-0.2, 0) is 0 Å². The molecular weight excluding hydrogens is 555 g/mol. The van der Waals surface area contributed by atoms with E-state index in [2.05, 4.69) is 31.0 Å². The lowest BCUT2D eigenvalue weighted by molar-refractivity contribution is 0.420. The van der Waals surface area contributed by atoms with E-state index in [1.165, 1.54) is 23.0 Å². The molecule has 11 heteroatoms. The third-order valence-electron chi connectivity index (χ3n) is 6.04. The summed E-state index contributed by atoms with van der Waals surface area (Å²) in [4.78, 5) is 22.4. The van der Waals surface area contributed by atoms with Crippen LogP contribution in [0.3, 0.4) is 0 Å². The summed E-state index contributed by atoms with van der Waals surface area (Å²) in [5.41, 5.74) is 0.433. The summed E-state index contributed by atoms with van der Waals surface area (Å²) in [6.45, 7) is 0. The van der Waals surface area contributed by atoms with Gasteiger partial charge in [-0.15, -0.1) is 5.10 Å². The molecule has 0 saturated carbocycles. The molecule has 0 aliphatic carbocycles. The van der Waals surface area contributed by atoms with Crippen molar-refractivity contribution in [3.8, 4) is 23.2 Å². The molecule has 2 aromatic carbocycles. The number of para-hydroxylation sites is 1. The van der Waals surface area contributed by atoms with Crippen LogP contribution < -0.4 is 10.4 Å². The van der Waals surface area contributed by atoms with Gasteiger partial charge in [0.05, 0.1) is 22.4 Å². The monoisotopic (exact) mass is 564 g/mol. The second-order valence-electron chi connectivity index (χ2n) is 8.07. The van der Waals surface area contributed by atoms with E-state index >= 15 is 4.39 Å². The Kier molecular flexibility index (Phi) is 4.57. The lowest BCUT2D eigenvalue weighted by Crippen LogP contribution is -2.23. The van der Waals surface area contributed by atoms with Gasteiger partial charge in [-0.25, -0.2) is 23.7 Å². The molecule has 4 aromatic heterocycles. The quantitative estimate of drug-likeness (QED) is 0.226. The fourth-order valence-electron chi connectivity index (χ4n) is 4.54. The molecule has 0 spiro atoms. The van der Waals surface area contributed by atoms with Gasteiger partial charge in [0.25, 0.3) is 0 Å². The average Bonchev–Trinajstić information content (AvgIpc) is 3.49. The minimum absolute atomic E-state index is 0.0766. The Morgan fingerprint density at radius 3 is 2.67 bits per heavy atom. The van der Waals surface area contributed by atoms with Gasteiger partial charge in [0.2, 0.25) is 11.7 Å². The maximum absolute atomic E-state index is 15.4. The molecule has 176 valence electrons. The van der Waals surface area contributed by atoms with Gasteiger partial charge in [0.15, 0.2) is 21.8 Å². The first-order chi connectivity index (χ1) is 17.5. The van der Waals surface area contributed by atoms with Crippen molar-refractivity contribution in [2.24, 2.45) is 0 Å². The number of furan rings is 1. The maximum atomic E-state index is 15.4.